The predicted octanol–water partition coefficient (Wildman–Crippen LogP) is 2.40. The number of carbonyl (C=O) groups excluding carboxylic acids is 1. The first kappa shape index (κ1) is 8.62. The first-order valence-corrected chi connectivity index (χ1v) is 4.01. The quantitative estimate of drug-likeness (QED) is 0.609. The van der Waals surface area contributed by atoms with Gasteiger partial charge < -0.3 is 0 Å². The molecule has 0 aromatic heterocycles. The van der Waals surface area contributed by atoms with E-state index in [9.17, 15) is 13.6 Å². The van der Waals surface area contributed by atoms with Gasteiger partial charge in [0.05, 0.1) is 0 Å². The number of Topliss-reactive ketones (excluding diaryl/α,β-unsaturated/α-hetero) is 1. The molecule has 11 heavy (non-hydrogen) atoms. The van der Waals surface area contributed by atoms with Crippen molar-refractivity contribution in [2.45, 2.75) is 38.5 Å². The van der Waals surface area contributed by atoms with Crippen molar-refractivity contribution in [3.63, 3.8) is 0 Å². The van der Waals surface area contributed by atoms with Gasteiger partial charge in [-0.25, -0.2) is 8.78 Å². The highest BCUT2D eigenvalue weighted by molar-refractivity contribution is 5.81. The molecular formula is C8H12F2O. The van der Waals surface area contributed by atoms with E-state index < -0.39 is 6.43 Å². The highest BCUT2D eigenvalue weighted by Crippen LogP contribution is 2.25. The van der Waals surface area contributed by atoms with Crippen LogP contribution in [0.5, 0.6) is 0 Å². The number of rotatable bonds is 2. The third kappa shape index (κ3) is 2.56. The molecule has 1 fully saturated rings. The number of ketones is 1. The number of halogens is 2. The van der Waals surface area contributed by atoms with Gasteiger partial charge in [0.1, 0.15) is 5.78 Å². The Hall–Kier alpha value is -0.470. The van der Waals surface area contributed by atoms with Gasteiger partial charge in [0, 0.05) is 18.8 Å². The van der Waals surface area contributed by atoms with Gasteiger partial charge in [-0.2, -0.15) is 0 Å². The Labute approximate surface area is 64.8 Å². The van der Waals surface area contributed by atoms with Gasteiger partial charge in [0.25, 0.3) is 0 Å². The molecule has 1 aliphatic rings. The Balaban J connectivity index is 2.36. The van der Waals surface area contributed by atoms with Crippen LogP contribution in [0.15, 0.2) is 0 Å². The van der Waals surface area contributed by atoms with E-state index in [1.165, 1.54) is 0 Å². The third-order valence-corrected chi connectivity index (χ3v) is 2.14. The largest absolute Gasteiger partial charge is 0.299 e. The van der Waals surface area contributed by atoms with Gasteiger partial charge >= 0.3 is 0 Å². The molecule has 0 spiro atoms. The second-order valence-electron chi connectivity index (χ2n) is 3.04. The first-order chi connectivity index (χ1) is 5.20. The normalized spacial score (nSPS) is 26.1. The van der Waals surface area contributed by atoms with Gasteiger partial charge in [-0.1, -0.05) is 6.42 Å². The fraction of sp³-hybridized carbons (Fsp3) is 0.875. The molecule has 1 rings (SSSR count). The third-order valence-electron chi connectivity index (χ3n) is 2.14. The highest BCUT2D eigenvalue weighted by Gasteiger charge is 2.24. The fourth-order valence-corrected chi connectivity index (χ4v) is 1.52. The average molecular weight is 162 g/mol. The molecule has 1 unspecified atom stereocenters. The SMILES string of the molecule is O=C1CCCCC1CC(F)F. The lowest BCUT2D eigenvalue weighted by atomic mass is 9.86. The second kappa shape index (κ2) is 3.79. The maximum Gasteiger partial charge on any atom is 0.239 e. The Morgan fingerprint density at radius 2 is 2.18 bits per heavy atom. The van der Waals surface area contributed by atoms with Gasteiger partial charge in [0.2, 0.25) is 6.43 Å². The minimum absolute atomic E-state index is 0.0385. The van der Waals surface area contributed by atoms with E-state index >= 15 is 0 Å². The van der Waals surface area contributed by atoms with E-state index in [4.69, 9.17) is 0 Å². The first-order valence-electron chi connectivity index (χ1n) is 4.01. The second-order valence-corrected chi connectivity index (χ2v) is 3.04. The van der Waals surface area contributed by atoms with Crippen molar-refractivity contribution >= 4 is 5.78 Å². The van der Waals surface area contributed by atoms with Crippen LogP contribution in [0.3, 0.4) is 0 Å². The molecular weight excluding hydrogens is 150 g/mol. The predicted molar refractivity (Wildman–Crippen MR) is 37.6 cm³/mol. The molecule has 1 aliphatic carbocycles. The van der Waals surface area contributed by atoms with E-state index in [0.717, 1.165) is 12.8 Å². The summed E-state index contributed by atoms with van der Waals surface area (Å²) >= 11 is 0. The molecule has 0 aliphatic heterocycles. The van der Waals surface area contributed by atoms with Crippen molar-refractivity contribution in [1.29, 1.82) is 0 Å². The van der Waals surface area contributed by atoms with Crippen molar-refractivity contribution in [1.82, 2.24) is 0 Å². The van der Waals surface area contributed by atoms with E-state index in [2.05, 4.69) is 0 Å². The van der Waals surface area contributed by atoms with Crippen molar-refractivity contribution < 1.29 is 13.6 Å². The van der Waals surface area contributed by atoms with Gasteiger partial charge in [-0.3, -0.25) is 4.79 Å². The summed E-state index contributed by atoms with van der Waals surface area (Å²) in [6, 6.07) is 0. The summed E-state index contributed by atoms with van der Waals surface area (Å²) in [6.45, 7) is 0. The lowest BCUT2D eigenvalue weighted by Crippen LogP contribution is -2.21. The topological polar surface area (TPSA) is 17.1 Å². The van der Waals surface area contributed by atoms with E-state index in [1.807, 2.05) is 0 Å². The van der Waals surface area contributed by atoms with E-state index in [0.29, 0.717) is 12.8 Å². The van der Waals surface area contributed by atoms with Crippen LogP contribution in [-0.2, 0) is 4.79 Å². The van der Waals surface area contributed by atoms with Gasteiger partial charge in [0.15, 0.2) is 0 Å². The molecule has 1 atom stereocenters. The van der Waals surface area contributed by atoms with Gasteiger partial charge in [-0.05, 0) is 12.8 Å². The Morgan fingerprint density at radius 1 is 1.45 bits per heavy atom. The molecule has 0 bridgehead atoms. The number of carbonyl (C=O) groups is 1. The number of hydrogen-bond donors (Lipinski definition) is 0. The minimum atomic E-state index is -2.32. The van der Waals surface area contributed by atoms with Crippen molar-refractivity contribution in [3.8, 4) is 0 Å². The van der Waals surface area contributed by atoms with Crippen molar-refractivity contribution in [3.05, 3.63) is 0 Å². The molecule has 0 saturated heterocycles. The monoisotopic (exact) mass is 162 g/mol. The molecule has 64 valence electrons. The lowest BCUT2D eigenvalue weighted by molar-refractivity contribution is -0.126. The van der Waals surface area contributed by atoms with Crippen LogP contribution in [0.25, 0.3) is 0 Å². The standard InChI is InChI=1S/C8H12F2O/c9-8(10)5-6-3-1-2-4-7(6)11/h6,8H,1-5H2. The zero-order valence-corrected chi connectivity index (χ0v) is 6.35. The maximum atomic E-state index is 11.8. The molecule has 0 radical (unpaired) electrons. The molecule has 3 heteroatoms. The summed E-state index contributed by atoms with van der Waals surface area (Å²) in [7, 11) is 0. The summed E-state index contributed by atoms with van der Waals surface area (Å²) < 4.78 is 23.7. The average Bonchev–Trinajstić information content (AvgIpc) is 1.93. The van der Waals surface area contributed by atoms with Crippen molar-refractivity contribution in [2.75, 3.05) is 0 Å². The Kier molecular flexibility index (Phi) is 2.97. The van der Waals surface area contributed by atoms with Crippen LogP contribution in [0, 0.1) is 5.92 Å². The smallest absolute Gasteiger partial charge is 0.239 e. The molecule has 0 aromatic carbocycles. The summed E-state index contributed by atoms with van der Waals surface area (Å²) in [4.78, 5) is 11.0. The van der Waals surface area contributed by atoms with Crippen LogP contribution >= 0.6 is 0 Å². The Bertz CT molecular complexity index is 145. The van der Waals surface area contributed by atoms with Crippen LogP contribution in [0.2, 0.25) is 0 Å². The molecule has 0 amide bonds. The minimum Gasteiger partial charge on any atom is -0.299 e. The lowest BCUT2D eigenvalue weighted by Gasteiger charge is -2.19. The Morgan fingerprint density at radius 3 is 2.73 bits per heavy atom. The fourth-order valence-electron chi connectivity index (χ4n) is 1.52. The van der Waals surface area contributed by atoms with Gasteiger partial charge in [-0.15, -0.1) is 0 Å². The molecule has 0 N–H and O–H groups in total. The summed E-state index contributed by atoms with van der Waals surface area (Å²) in [5, 5.41) is 0. The van der Waals surface area contributed by atoms with Crippen LogP contribution in [0.4, 0.5) is 8.78 Å². The van der Waals surface area contributed by atoms with Crippen molar-refractivity contribution in [2.24, 2.45) is 5.92 Å². The molecule has 1 saturated carbocycles. The zero-order valence-electron chi connectivity index (χ0n) is 6.35. The van der Waals surface area contributed by atoms with E-state index in [1.54, 1.807) is 0 Å². The van der Waals surface area contributed by atoms with E-state index in [-0.39, 0.29) is 18.1 Å². The summed E-state index contributed by atoms with van der Waals surface area (Å²) in [6.07, 6.45) is 0.461. The van der Waals surface area contributed by atoms with Crippen LogP contribution in [0.1, 0.15) is 32.1 Å². The summed E-state index contributed by atoms with van der Waals surface area (Å²) in [5.41, 5.74) is 0. The molecule has 0 heterocycles. The molecule has 0 aromatic rings. The molecule has 1 nitrogen and oxygen atoms in total. The van der Waals surface area contributed by atoms with Crippen LogP contribution in [-0.4, -0.2) is 12.2 Å². The number of hydrogen-bond acceptors (Lipinski definition) is 1. The summed E-state index contributed by atoms with van der Waals surface area (Å²) in [5.74, 6) is -0.305. The number of alkyl halides is 2. The zero-order chi connectivity index (χ0) is 8.27. The maximum absolute atomic E-state index is 11.8. The van der Waals surface area contributed by atoms with Crippen LogP contribution < -0.4 is 0 Å². The highest BCUT2D eigenvalue weighted by atomic mass is 19.3.